The van der Waals surface area contributed by atoms with E-state index in [-0.39, 0.29) is 40.2 Å². The highest BCUT2D eigenvalue weighted by molar-refractivity contribution is 7.90. The summed E-state index contributed by atoms with van der Waals surface area (Å²) in [6.07, 6.45) is 2.38. The van der Waals surface area contributed by atoms with E-state index in [1.807, 2.05) is 60.5 Å². The molecular weight excluding hydrogens is 689 g/mol. The van der Waals surface area contributed by atoms with Gasteiger partial charge in [-0.3, -0.25) is 24.1 Å². The minimum Gasteiger partial charge on any atom is -0.499 e. The van der Waals surface area contributed by atoms with Gasteiger partial charge >= 0.3 is 0 Å². The van der Waals surface area contributed by atoms with Crippen LogP contribution in [-0.4, -0.2) is 119 Å². The van der Waals surface area contributed by atoms with E-state index in [4.69, 9.17) is 15.2 Å². The summed E-state index contributed by atoms with van der Waals surface area (Å²) in [4.78, 5) is 59.7. The predicted molar refractivity (Wildman–Crippen MR) is 201 cm³/mol. The normalized spacial score (nSPS) is 18.8. The van der Waals surface area contributed by atoms with Crippen LogP contribution in [0.25, 0.3) is 0 Å². The molecule has 294 valence electrons. The minimum atomic E-state index is -4.18. The fraction of sp³-hybridized carbons (Fsp3) is 0.676. The van der Waals surface area contributed by atoms with Crippen LogP contribution in [0.2, 0.25) is 0 Å². The first-order valence-electron chi connectivity index (χ1n) is 18.0. The number of benzene rings is 1. The fourth-order valence-corrected chi connectivity index (χ4v) is 8.03. The van der Waals surface area contributed by atoms with Gasteiger partial charge in [-0.15, -0.1) is 0 Å². The van der Waals surface area contributed by atoms with Gasteiger partial charge < -0.3 is 30.3 Å². The molecular formula is C37H62N6O8S. The fourth-order valence-electron chi connectivity index (χ4n) is 6.97. The maximum Gasteiger partial charge on any atom is 0.264 e. The molecule has 0 aromatic heterocycles. The molecule has 1 heterocycles. The van der Waals surface area contributed by atoms with Crippen LogP contribution < -0.4 is 15.8 Å². The summed E-state index contributed by atoms with van der Waals surface area (Å²) in [5.41, 5.74) is 6.06. The van der Waals surface area contributed by atoms with Gasteiger partial charge in [0.05, 0.1) is 42.2 Å². The van der Waals surface area contributed by atoms with Crippen molar-refractivity contribution < 1.29 is 37.1 Å². The van der Waals surface area contributed by atoms with Crippen molar-refractivity contribution >= 4 is 39.3 Å². The second-order valence-electron chi connectivity index (χ2n) is 14.7. The average molecular weight is 751 g/mol. The number of nitrogen functional groups attached to an aromatic ring is 1. The Kier molecular flexibility index (Phi) is 16.6. The molecule has 1 fully saturated rings. The van der Waals surface area contributed by atoms with Crippen LogP contribution in [-0.2, 0) is 38.7 Å². The number of carbonyl (C=O) groups excluding carboxylic acids is 4. The number of likely N-dealkylation sites (tertiary alicyclic amines) is 1. The Hall–Kier alpha value is -3.69. The number of hydrogen-bond acceptors (Lipinski definition) is 10. The van der Waals surface area contributed by atoms with Crippen molar-refractivity contribution in [2.45, 2.75) is 103 Å². The van der Waals surface area contributed by atoms with Crippen molar-refractivity contribution in [3.05, 3.63) is 36.1 Å². The molecule has 52 heavy (non-hydrogen) atoms. The Morgan fingerprint density at radius 1 is 0.962 bits per heavy atom. The summed E-state index contributed by atoms with van der Waals surface area (Å²) < 4.78 is 39.6. The number of hydrogen-bond donors (Lipinski definition) is 3. The Morgan fingerprint density at radius 3 is 2.04 bits per heavy atom. The number of methoxy groups -OCH3 is 2. The van der Waals surface area contributed by atoms with E-state index >= 15 is 0 Å². The van der Waals surface area contributed by atoms with Crippen molar-refractivity contribution in [1.29, 1.82) is 0 Å². The topological polar surface area (TPSA) is 181 Å². The highest BCUT2D eigenvalue weighted by Gasteiger charge is 2.42. The predicted octanol–water partition coefficient (Wildman–Crippen LogP) is 2.85. The molecule has 1 aliphatic rings. The maximum absolute atomic E-state index is 14.1. The minimum absolute atomic E-state index is 0.0182. The standard InChI is InChI=1S/C37H62N6O8S/c1-13-24(6)33(42(10)37(47)31(22(2)3)39-36(46)32(23(4)5)41(8)9)29(50-11)21-30(44)43-20-14-15-28(43)34(51-12)25(7)35(45)40-52(48,49)27-18-16-26(38)17-19-27/h16-19,21-25,28,31-34H,13-15,20,38H2,1-12H3,(H,39,46)(H,40,45)/b29-21-/t24-,25+,28-,31-,32-,33-,34?/m0/s1. The zero-order chi connectivity index (χ0) is 39.7. The van der Waals surface area contributed by atoms with Crippen molar-refractivity contribution in [3.8, 4) is 0 Å². The van der Waals surface area contributed by atoms with Crippen LogP contribution >= 0.6 is 0 Å². The lowest BCUT2D eigenvalue weighted by molar-refractivity contribution is -0.140. The van der Waals surface area contributed by atoms with Gasteiger partial charge in [-0.25, -0.2) is 13.1 Å². The number of nitrogens with two attached hydrogens (primary N) is 1. The number of rotatable bonds is 18. The van der Waals surface area contributed by atoms with Gasteiger partial charge in [0.1, 0.15) is 11.8 Å². The highest BCUT2D eigenvalue weighted by atomic mass is 32.2. The number of carbonyl (C=O) groups is 4. The van der Waals surface area contributed by atoms with E-state index < -0.39 is 58.0 Å². The van der Waals surface area contributed by atoms with Gasteiger partial charge in [0, 0.05) is 32.5 Å². The number of nitrogens with one attached hydrogen (secondary N) is 2. The summed E-state index contributed by atoms with van der Waals surface area (Å²) in [6, 6.07) is 3.05. The third kappa shape index (κ3) is 10.9. The Balaban J connectivity index is 2.37. The van der Waals surface area contributed by atoms with Crippen LogP contribution in [0.5, 0.6) is 0 Å². The number of sulfonamides is 1. The van der Waals surface area contributed by atoms with Crippen LogP contribution in [0.4, 0.5) is 5.69 Å². The third-order valence-electron chi connectivity index (χ3n) is 9.99. The second-order valence-corrected chi connectivity index (χ2v) is 16.4. The molecule has 7 atom stereocenters. The van der Waals surface area contributed by atoms with Crippen molar-refractivity contribution in [1.82, 2.24) is 24.7 Å². The molecule has 0 spiro atoms. The molecule has 0 aliphatic carbocycles. The largest absolute Gasteiger partial charge is 0.499 e. The summed E-state index contributed by atoms with van der Waals surface area (Å²) in [7, 11) is 4.01. The van der Waals surface area contributed by atoms with Crippen molar-refractivity contribution in [2.75, 3.05) is 47.6 Å². The molecule has 0 saturated carbocycles. The van der Waals surface area contributed by atoms with Crippen molar-refractivity contribution in [3.63, 3.8) is 0 Å². The first kappa shape index (κ1) is 44.5. The summed E-state index contributed by atoms with van der Waals surface area (Å²) in [5, 5.41) is 2.99. The smallest absolute Gasteiger partial charge is 0.264 e. The molecule has 15 heteroatoms. The highest BCUT2D eigenvalue weighted by Crippen LogP contribution is 2.29. The number of ether oxygens (including phenoxy) is 2. The maximum atomic E-state index is 14.1. The lowest BCUT2D eigenvalue weighted by Gasteiger charge is -2.38. The Labute approximate surface area is 310 Å². The summed E-state index contributed by atoms with van der Waals surface area (Å²) >= 11 is 0. The van der Waals surface area contributed by atoms with Crippen molar-refractivity contribution in [2.24, 2.45) is 23.7 Å². The monoisotopic (exact) mass is 750 g/mol. The van der Waals surface area contributed by atoms with Crippen LogP contribution in [0, 0.1) is 23.7 Å². The lowest BCUT2D eigenvalue weighted by Crippen LogP contribution is -2.58. The number of likely N-dealkylation sites (N-methyl/N-ethyl adjacent to an activating group) is 2. The van der Waals surface area contributed by atoms with E-state index in [1.54, 1.807) is 23.8 Å². The molecule has 1 aromatic rings. The average Bonchev–Trinajstić information content (AvgIpc) is 3.55. The van der Waals surface area contributed by atoms with E-state index in [0.29, 0.717) is 31.5 Å². The quantitative estimate of drug-likeness (QED) is 0.115. The van der Waals surface area contributed by atoms with Crippen LogP contribution in [0.3, 0.4) is 0 Å². The molecule has 1 saturated heterocycles. The Bertz CT molecular complexity index is 1510. The molecule has 1 aliphatic heterocycles. The van der Waals surface area contributed by atoms with E-state index in [2.05, 4.69) is 10.0 Å². The van der Waals surface area contributed by atoms with Gasteiger partial charge in [-0.1, -0.05) is 54.9 Å². The zero-order valence-electron chi connectivity index (χ0n) is 33.0. The number of anilines is 1. The van der Waals surface area contributed by atoms with Crippen LogP contribution in [0.1, 0.15) is 67.7 Å². The third-order valence-corrected chi connectivity index (χ3v) is 11.4. The lowest BCUT2D eigenvalue weighted by atomic mass is 9.93. The first-order valence-corrected chi connectivity index (χ1v) is 19.5. The molecule has 4 N–H and O–H groups in total. The Morgan fingerprint density at radius 2 is 1.56 bits per heavy atom. The van der Waals surface area contributed by atoms with E-state index in [1.165, 1.54) is 44.6 Å². The number of nitrogens with zero attached hydrogens (tertiary/aromatic N) is 3. The molecule has 0 radical (unpaired) electrons. The molecule has 1 unspecified atom stereocenters. The molecule has 1 aromatic carbocycles. The van der Waals surface area contributed by atoms with Gasteiger partial charge in [-0.05, 0) is 69.0 Å². The van der Waals surface area contributed by atoms with Gasteiger partial charge in [-0.2, -0.15) is 0 Å². The van der Waals surface area contributed by atoms with Gasteiger partial charge in [0.15, 0.2) is 0 Å². The van der Waals surface area contributed by atoms with E-state index in [9.17, 15) is 27.6 Å². The van der Waals surface area contributed by atoms with Gasteiger partial charge in [0.25, 0.3) is 10.0 Å². The first-order chi connectivity index (χ1) is 24.2. The van der Waals surface area contributed by atoms with Crippen LogP contribution in [0.15, 0.2) is 41.0 Å². The molecule has 0 bridgehead atoms. The SMILES string of the molecule is CC[C@H](C)[C@@H](/C(=C/C(=O)N1CCC[C@H]1C(OC)[C@@H](C)C(=O)NS(=O)(=O)c1ccc(N)cc1)OC)N(C)C(=O)[C@@H](NC(=O)[C@H](C(C)C)N(C)C)C(C)C. The summed E-state index contributed by atoms with van der Waals surface area (Å²) in [5.74, 6) is -2.71. The summed E-state index contributed by atoms with van der Waals surface area (Å²) in [6.45, 7) is 13.5. The van der Waals surface area contributed by atoms with E-state index in [0.717, 1.165) is 0 Å². The molecule has 14 nitrogen and oxygen atoms in total. The zero-order valence-corrected chi connectivity index (χ0v) is 33.8. The number of amides is 4. The van der Waals surface area contributed by atoms with Gasteiger partial charge in [0.2, 0.25) is 23.6 Å². The second kappa shape index (κ2) is 19.4. The molecule has 4 amide bonds. The molecule has 2 rings (SSSR count).